The molecular weight excluding hydrogens is 295 g/mol. The zero-order chi connectivity index (χ0) is 11.7. The fraction of sp³-hybridized carbons (Fsp3) is 0.100. The summed E-state index contributed by atoms with van der Waals surface area (Å²) in [5, 5.41) is 4.13. The zero-order valence-corrected chi connectivity index (χ0v) is 10.7. The third-order valence-corrected chi connectivity index (χ3v) is 3.06. The van der Waals surface area contributed by atoms with Crippen molar-refractivity contribution in [3.63, 3.8) is 0 Å². The molecule has 16 heavy (non-hydrogen) atoms. The van der Waals surface area contributed by atoms with Gasteiger partial charge in [0.2, 0.25) is 5.88 Å². The highest BCUT2D eigenvalue weighted by atomic mass is 79.9. The van der Waals surface area contributed by atoms with E-state index < -0.39 is 0 Å². The Bertz CT molecular complexity index is 528. The number of benzene rings is 1. The maximum Gasteiger partial charge on any atom is 0.230 e. The summed E-state index contributed by atoms with van der Waals surface area (Å²) in [4.78, 5) is 0. The van der Waals surface area contributed by atoms with E-state index in [4.69, 9.17) is 26.6 Å². The van der Waals surface area contributed by atoms with Crippen molar-refractivity contribution in [2.45, 2.75) is 0 Å². The van der Waals surface area contributed by atoms with Gasteiger partial charge in [0.15, 0.2) is 0 Å². The molecule has 1 aromatic heterocycles. The smallest absolute Gasteiger partial charge is 0.230 e. The Balaban J connectivity index is 2.59. The number of hydrogen-bond donors (Lipinski definition) is 1. The molecule has 84 valence electrons. The predicted octanol–water partition coefficient (Wildman–Crippen LogP) is 3.35. The van der Waals surface area contributed by atoms with Crippen LogP contribution in [0.4, 0.5) is 5.88 Å². The second-order valence-corrected chi connectivity index (χ2v) is 4.33. The van der Waals surface area contributed by atoms with Crippen molar-refractivity contribution in [3.05, 3.63) is 27.8 Å². The SMILES string of the molecule is COc1cc(Cl)c(-c2cnoc2N)cc1Br. The number of hydrogen-bond acceptors (Lipinski definition) is 4. The molecule has 1 aromatic carbocycles. The standard InChI is InChI=1S/C10H8BrClN2O2/c1-15-9-3-8(12)5(2-7(9)11)6-4-14-16-10(6)13/h2-4H,13H2,1H3. The normalized spacial score (nSPS) is 10.4. The van der Waals surface area contributed by atoms with Gasteiger partial charge in [-0.1, -0.05) is 16.8 Å². The van der Waals surface area contributed by atoms with Gasteiger partial charge in [0.05, 0.1) is 28.4 Å². The number of methoxy groups -OCH3 is 1. The van der Waals surface area contributed by atoms with Crippen molar-refractivity contribution in [1.29, 1.82) is 0 Å². The average molecular weight is 304 g/mol. The summed E-state index contributed by atoms with van der Waals surface area (Å²) < 4.78 is 10.7. The highest BCUT2D eigenvalue weighted by Crippen LogP contribution is 2.38. The first-order chi connectivity index (χ1) is 7.63. The van der Waals surface area contributed by atoms with Crippen LogP contribution in [0.5, 0.6) is 5.75 Å². The first-order valence-electron chi connectivity index (χ1n) is 4.37. The van der Waals surface area contributed by atoms with Crippen LogP contribution >= 0.6 is 27.5 Å². The second kappa shape index (κ2) is 4.35. The van der Waals surface area contributed by atoms with E-state index in [1.165, 1.54) is 6.20 Å². The van der Waals surface area contributed by atoms with Crippen LogP contribution < -0.4 is 10.5 Å². The molecular formula is C10H8BrClN2O2. The van der Waals surface area contributed by atoms with Crippen LogP contribution in [0.25, 0.3) is 11.1 Å². The monoisotopic (exact) mass is 302 g/mol. The topological polar surface area (TPSA) is 61.3 Å². The van der Waals surface area contributed by atoms with Crippen LogP contribution in [-0.2, 0) is 0 Å². The van der Waals surface area contributed by atoms with Gasteiger partial charge in [-0.3, -0.25) is 0 Å². The molecule has 2 rings (SSSR count). The summed E-state index contributed by atoms with van der Waals surface area (Å²) in [6.07, 6.45) is 1.52. The van der Waals surface area contributed by atoms with Gasteiger partial charge in [-0.25, -0.2) is 0 Å². The summed E-state index contributed by atoms with van der Waals surface area (Å²) in [5.74, 6) is 0.891. The van der Waals surface area contributed by atoms with Crippen molar-refractivity contribution in [2.24, 2.45) is 0 Å². The molecule has 0 saturated carbocycles. The van der Waals surface area contributed by atoms with Crippen LogP contribution in [0.2, 0.25) is 5.02 Å². The molecule has 0 spiro atoms. The molecule has 0 bridgehead atoms. The number of nitrogens with two attached hydrogens (primary N) is 1. The lowest BCUT2D eigenvalue weighted by Gasteiger charge is -2.07. The first kappa shape index (κ1) is 11.3. The number of aromatic nitrogens is 1. The van der Waals surface area contributed by atoms with E-state index in [1.54, 1.807) is 13.2 Å². The molecule has 0 amide bonds. The minimum absolute atomic E-state index is 0.235. The van der Waals surface area contributed by atoms with Gasteiger partial charge < -0.3 is 15.0 Å². The Kier molecular flexibility index (Phi) is 3.07. The van der Waals surface area contributed by atoms with Crippen molar-refractivity contribution in [3.8, 4) is 16.9 Å². The largest absolute Gasteiger partial charge is 0.496 e. The molecule has 0 aliphatic rings. The Labute approximate surface area is 105 Å². The van der Waals surface area contributed by atoms with E-state index in [2.05, 4.69) is 21.1 Å². The van der Waals surface area contributed by atoms with Crippen molar-refractivity contribution in [1.82, 2.24) is 5.16 Å². The molecule has 0 aliphatic heterocycles. The highest BCUT2D eigenvalue weighted by molar-refractivity contribution is 9.10. The van der Waals surface area contributed by atoms with Crippen molar-refractivity contribution < 1.29 is 9.26 Å². The molecule has 2 N–H and O–H groups in total. The van der Waals surface area contributed by atoms with Gasteiger partial charge in [0, 0.05) is 11.6 Å². The van der Waals surface area contributed by atoms with E-state index in [9.17, 15) is 0 Å². The fourth-order valence-electron chi connectivity index (χ4n) is 1.34. The maximum atomic E-state index is 6.12. The number of anilines is 1. The molecule has 0 radical (unpaired) electrons. The molecule has 2 aromatic rings. The lowest BCUT2D eigenvalue weighted by molar-refractivity contribution is 0.412. The highest BCUT2D eigenvalue weighted by Gasteiger charge is 2.14. The molecule has 0 fully saturated rings. The van der Waals surface area contributed by atoms with Crippen molar-refractivity contribution >= 4 is 33.4 Å². The van der Waals surface area contributed by atoms with Gasteiger partial charge in [0.25, 0.3) is 0 Å². The molecule has 0 atom stereocenters. The van der Waals surface area contributed by atoms with Crippen molar-refractivity contribution in [2.75, 3.05) is 12.8 Å². The Hall–Kier alpha value is -1.20. The van der Waals surface area contributed by atoms with Crippen LogP contribution in [0.1, 0.15) is 0 Å². The lowest BCUT2D eigenvalue weighted by Crippen LogP contribution is -1.89. The van der Waals surface area contributed by atoms with Crippen LogP contribution in [0, 0.1) is 0 Å². The minimum Gasteiger partial charge on any atom is -0.496 e. The molecule has 0 saturated heterocycles. The summed E-state index contributed by atoms with van der Waals surface area (Å²) in [5.41, 5.74) is 7.03. The average Bonchev–Trinajstić information content (AvgIpc) is 2.67. The van der Waals surface area contributed by atoms with Crippen LogP contribution in [0.3, 0.4) is 0 Å². The quantitative estimate of drug-likeness (QED) is 0.924. The van der Waals surface area contributed by atoms with Gasteiger partial charge >= 0.3 is 0 Å². The molecule has 6 heteroatoms. The van der Waals surface area contributed by atoms with E-state index in [-0.39, 0.29) is 5.88 Å². The fourth-order valence-corrected chi connectivity index (χ4v) is 2.10. The number of nitrogens with zero attached hydrogens (tertiary/aromatic N) is 1. The Morgan fingerprint density at radius 2 is 2.19 bits per heavy atom. The number of nitrogen functional groups attached to an aromatic ring is 1. The van der Waals surface area contributed by atoms with E-state index in [0.717, 1.165) is 10.0 Å². The second-order valence-electron chi connectivity index (χ2n) is 3.07. The summed E-state index contributed by atoms with van der Waals surface area (Å²) in [7, 11) is 1.57. The minimum atomic E-state index is 0.235. The Morgan fingerprint density at radius 1 is 1.44 bits per heavy atom. The zero-order valence-electron chi connectivity index (χ0n) is 8.33. The number of halogens is 2. The van der Waals surface area contributed by atoms with Crippen LogP contribution in [-0.4, -0.2) is 12.3 Å². The third-order valence-electron chi connectivity index (χ3n) is 2.13. The van der Waals surface area contributed by atoms with Gasteiger partial charge in [-0.05, 0) is 22.0 Å². The molecule has 4 nitrogen and oxygen atoms in total. The number of ether oxygens (including phenoxy) is 1. The lowest BCUT2D eigenvalue weighted by atomic mass is 10.1. The predicted molar refractivity (Wildman–Crippen MR) is 65.6 cm³/mol. The summed E-state index contributed by atoms with van der Waals surface area (Å²) in [6, 6.07) is 3.51. The molecule has 0 unspecified atom stereocenters. The third kappa shape index (κ3) is 1.88. The van der Waals surface area contributed by atoms with Crippen LogP contribution in [0.15, 0.2) is 27.3 Å². The molecule has 1 heterocycles. The first-order valence-corrected chi connectivity index (χ1v) is 5.54. The molecule has 0 aliphatic carbocycles. The van der Waals surface area contributed by atoms with Gasteiger partial charge in [-0.15, -0.1) is 0 Å². The van der Waals surface area contributed by atoms with E-state index >= 15 is 0 Å². The van der Waals surface area contributed by atoms with E-state index in [1.807, 2.05) is 6.07 Å². The van der Waals surface area contributed by atoms with Gasteiger partial charge in [-0.2, -0.15) is 0 Å². The van der Waals surface area contributed by atoms with Gasteiger partial charge in [0.1, 0.15) is 5.75 Å². The van der Waals surface area contributed by atoms with E-state index in [0.29, 0.717) is 16.3 Å². The summed E-state index contributed by atoms with van der Waals surface area (Å²) >= 11 is 9.49. The summed E-state index contributed by atoms with van der Waals surface area (Å²) in [6.45, 7) is 0. The Morgan fingerprint density at radius 3 is 2.75 bits per heavy atom. The maximum absolute atomic E-state index is 6.12. The number of rotatable bonds is 2.